The van der Waals surface area contributed by atoms with Crippen LogP contribution >= 0.6 is 15.9 Å². The molecular formula is C10H13BrO2. The molecule has 0 aromatic heterocycles. The van der Waals surface area contributed by atoms with Crippen molar-refractivity contribution in [3.05, 3.63) is 34.3 Å². The monoisotopic (exact) mass is 244 g/mol. The molecule has 2 nitrogen and oxygen atoms in total. The largest absolute Gasteiger partial charge is 0.481 e. The maximum atomic E-state index is 10.2. The molecule has 1 rings (SSSR count). The number of halogens is 1. The molecule has 0 bridgehead atoms. The third kappa shape index (κ3) is 5.42. The Morgan fingerprint density at radius 3 is 2.15 bits per heavy atom. The van der Waals surface area contributed by atoms with Gasteiger partial charge in [0.1, 0.15) is 0 Å². The van der Waals surface area contributed by atoms with Crippen LogP contribution in [0.15, 0.2) is 28.7 Å². The minimum Gasteiger partial charge on any atom is -0.481 e. The molecule has 13 heavy (non-hydrogen) atoms. The Kier molecular flexibility index (Phi) is 6.24. The Hall–Kier alpha value is -0.830. The summed E-state index contributed by atoms with van der Waals surface area (Å²) >= 11 is 3.26. The first-order chi connectivity index (χ1) is 6.18. The highest BCUT2D eigenvalue weighted by molar-refractivity contribution is 9.10. The predicted octanol–water partition coefficient (Wildman–Crippen LogP) is 3.10. The van der Waals surface area contributed by atoms with E-state index < -0.39 is 5.97 Å². The summed E-state index contributed by atoms with van der Waals surface area (Å²) in [6.07, 6.45) is 0.0906. The zero-order valence-electron chi connectivity index (χ0n) is 7.75. The lowest BCUT2D eigenvalue weighted by molar-refractivity contribution is -0.136. The fraction of sp³-hybridized carbons (Fsp3) is 0.300. The van der Waals surface area contributed by atoms with Crippen LogP contribution in [-0.2, 0) is 11.2 Å². The third-order valence-electron chi connectivity index (χ3n) is 1.27. The van der Waals surface area contributed by atoms with E-state index >= 15 is 0 Å². The van der Waals surface area contributed by atoms with E-state index in [4.69, 9.17) is 5.11 Å². The fourth-order valence-electron chi connectivity index (χ4n) is 0.777. The van der Waals surface area contributed by atoms with E-state index in [0.29, 0.717) is 0 Å². The maximum absolute atomic E-state index is 10.2. The number of aliphatic carboxylic acids is 1. The van der Waals surface area contributed by atoms with Crippen molar-refractivity contribution in [3.8, 4) is 0 Å². The first kappa shape index (κ1) is 12.2. The summed E-state index contributed by atoms with van der Waals surface area (Å²) in [5.41, 5.74) is 0.820. The second-order valence-corrected chi connectivity index (χ2v) is 3.11. The summed E-state index contributed by atoms with van der Waals surface area (Å²) in [6.45, 7) is 4.00. The molecule has 1 aromatic carbocycles. The van der Waals surface area contributed by atoms with Gasteiger partial charge in [0, 0.05) is 4.47 Å². The normalized spacial score (nSPS) is 8.54. The van der Waals surface area contributed by atoms with Gasteiger partial charge in [-0.3, -0.25) is 4.79 Å². The SMILES string of the molecule is CC.O=C(O)Cc1ccc(Br)cc1. The van der Waals surface area contributed by atoms with Crippen LogP contribution in [0.1, 0.15) is 19.4 Å². The van der Waals surface area contributed by atoms with Crippen LogP contribution in [0.3, 0.4) is 0 Å². The van der Waals surface area contributed by atoms with Gasteiger partial charge < -0.3 is 5.11 Å². The Bertz CT molecular complexity index is 254. The van der Waals surface area contributed by atoms with Crippen LogP contribution < -0.4 is 0 Å². The highest BCUT2D eigenvalue weighted by Crippen LogP contribution is 2.10. The lowest BCUT2D eigenvalue weighted by Crippen LogP contribution is -1.99. The van der Waals surface area contributed by atoms with Crippen LogP contribution in [0.25, 0.3) is 0 Å². The molecule has 0 atom stereocenters. The van der Waals surface area contributed by atoms with Gasteiger partial charge in [0.05, 0.1) is 6.42 Å². The smallest absolute Gasteiger partial charge is 0.307 e. The number of benzene rings is 1. The van der Waals surface area contributed by atoms with Gasteiger partial charge in [-0.05, 0) is 17.7 Å². The quantitative estimate of drug-likeness (QED) is 0.869. The molecular weight excluding hydrogens is 232 g/mol. The number of carboxylic acid groups (broad SMARTS) is 1. The van der Waals surface area contributed by atoms with Gasteiger partial charge in [0.25, 0.3) is 0 Å². The first-order valence-corrected chi connectivity index (χ1v) is 4.94. The fourth-order valence-corrected chi connectivity index (χ4v) is 1.04. The van der Waals surface area contributed by atoms with Gasteiger partial charge in [-0.25, -0.2) is 0 Å². The minimum atomic E-state index is -0.799. The van der Waals surface area contributed by atoms with Gasteiger partial charge in [-0.2, -0.15) is 0 Å². The molecule has 0 aliphatic carbocycles. The Morgan fingerprint density at radius 2 is 1.77 bits per heavy atom. The topological polar surface area (TPSA) is 37.3 Å². The number of carboxylic acids is 1. The van der Waals surface area contributed by atoms with Crippen LogP contribution in [-0.4, -0.2) is 11.1 Å². The van der Waals surface area contributed by atoms with Crippen LogP contribution in [0.4, 0.5) is 0 Å². The first-order valence-electron chi connectivity index (χ1n) is 4.15. The van der Waals surface area contributed by atoms with Crippen molar-refractivity contribution in [2.45, 2.75) is 20.3 Å². The van der Waals surface area contributed by atoms with Gasteiger partial charge in [-0.1, -0.05) is 41.9 Å². The second-order valence-electron chi connectivity index (χ2n) is 2.20. The Balaban J connectivity index is 0.000000671. The zero-order valence-corrected chi connectivity index (χ0v) is 9.34. The molecule has 0 fully saturated rings. The van der Waals surface area contributed by atoms with E-state index in [9.17, 15) is 4.79 Å². The van der Waals surface area contributed by atoms with Crippen molar-refractivity contribution >= 4 is 21.9 Å². The molecule has 0 aliphatic rings. The maximum Gasteiger partial charge on any atom is 0.307 e. The van der Waals surface area contributed by atoms with E-state index in [2.05, 4.69) is 15.9 Å². The number of carbonyl (C=O) groups is 1. The molecule has 1 N–H and O–H groups in total. The van der Waals surface area contributed by atoms with E-state index in [-0.39, 0.29) is 6.42 Å². The predicted molar refractivity (Wildman–Crippen MR) is 56.8 cm³/mol. The number of hydrogen-bond acceptors (Lipinski definition) is 1. The molecule has 0 heterocycles. The Morgan fingerprint density at radius 1 is 1.31 bits per heavy atom. The second kappa shape index (κ2) is 6.66. The van der Waals surface area contributed by atoms with Crippen molar-refractivity contribution in [2.24, 2.45) is 0 Å². The van der Waals surface area contributed by atoms with Crippen molar-refractivity contribution in [1.29, 1.82) is 0 Å². The summed E-state index contributed by atoms with van der Waals surface area (Å²) in [5, 5.41) is 8.42. The summed E-state index contributed by atoms with van der Waals surface area (Å²) < 4.78 is 0.964. The molecule has 0 saturated carbocycles. The highest BCUT2D eigenvalue weighted by Gasteiger charge is 1.98. The average molecular weight is 245 g/mol. The van der Waals surface area contributed by atoms with E-state index in [1.54, 1.807) is 12.1 Å². The highest BCUT2D eigenvalue weighted by atomic mass is 79.9. The van der Waals surface area contributed by atoms with Gasteiger partial charge in [0.2, 0.25) is 0 Å². The molecule has 72 valence electrons. The molecule has 3 heteroatoms. The molecule has 0 unspecified atom stereocenters. The summed E-state index contributed by atoms with van der Waals surface area (Å²) in [5.74, 6) is -0.799. The molecule has 0 amide bonds. The molecule has 0 radical (unpaired) electrons. The number of hydrogen-bond donors (Lipinski definition) is 1. The van der Waals surface area contributed by atoms with Gasteiger partial charge >= 0.3 is 5.97 Å². The lowest BCUT2D eigenvalue weighted by atomic mass is 10.2. The summed E-state index contributed by atoms with van der Waals surface area (Å²) in [4.78, 5) is 10.2. The lowest BCUT2D eigenvalue weighted by Gasteiger charge is -1.95. The van der Waals surface area contributed by atoms with Crippen molar-refractivity contribution in [1.82, 2.24) is 0 Å². The van der Waals surface area contributed by atoms with Crippen LogP contribution in [0, 0.1) is 0 Å². The van der Waals surface area contributed by atoms with E-state index in [1.165, 1.54) is 0 Å². The van der Waals surface area contributed by atoms with Crippen molar-refractivity contribution in [2.75, 3.05) is 0 Å². The average Bonchev–Trinajstić information content (AvgIpc) is 2.12. The molecule has 0 spiro atoms. The van der Waals surface area contributed by atoms with E-state index in [1.807, 2.05) is 26.0 Å². The minimum absolute atomic E-state index is 0.0906. The number of rotatable bonds is 2. The molecule has 1 aromatic rings. The van der Waals surface area contributed by atoms with Gasteiger partial charge in [-0.15, -0.1) is 0 Å². The summed E-state index contributed by atoms with van der Waals surface area (Å²) in [6, 6.07) is 7.24. The zero-order chi connectivity index (χ0) is 10.3. The van der Waals surface area contributed by atoms with Crippen LogP contribution in [0.5, 0.6) is 0 Å². The molecule has 0 aliphatic heterocycles. The van der Waals surface area contributed by atoms with Gasteiger partial charge in [0.15, 0.2) is 0 Å². The van der Waals surface area contributed by atoms with Crippen LogP contribution in [0.2, 0.25) is 0 Å². The van der Waals surface area contributed by atoms with Crippen molar-refractivity contribution < 1.29 is 9.90 Å². The third-order valence-corrected chi connectivity index (χ3v) is 1.80. The Labute approximate surface area is 86.7 Å². The van der Waals surface area contributed by atoms with E-state index in [0.717, 1.165) is 10.0 Å². The molecule has 0 saturated heterocycles. The standard InChI is InChI=1S/C8H7BrO2.C2H6/c9-7-3-1-6(2-4-7)5-8(10)11;1-2/h1-4H,5H2,(H,10,11);1-2H3. The van der Waals surface area contributed by atoms with Crippen molar-refractivity contribution in [3.63, 3.8) is 0 Å². The summed E-state index contributed by atoms with van der Waals surface area (Å²) in [7, 11) is 0.